The molecule has 3 heterocycles. The number of benzene rings is 4. The quantitative estimate of drug-likeness (QED) is 0.157. The van der Waals surface area contributed by atoms with Crippen LogP contribution < -0.4 is 20.3 Å². The van der Waals surface area contributed by atoms with Crippen LogP contribution in [0.15, 0.2) is 66.7 Å². The minimum atomic E-state index is -4.98. The third-order valence-electron chi connectivity index (χ3n) is 7.36. The second kappa shape index (κ2) is 10.6. The van der Waals surface area contributed by atoms with E-state index in [4.69, 9.17) is 16.3 Å². The molecule has 2 aliphatic rings. The Bertz CT molecular complexity index is 2200. The van der Waals surface area contributed by atoms with Crippen LogP contribution in [0.2, 0.25) is 5.02 Å². The van der Waals surface area contributed by atoms with Crippen molar-refractivity contribution in [1.29, 1.82) is 0 Å². The molecule has 0 bridgehead atoms. The average molecular weight is 668 g/mol. The summed E-state index contributed by atoms with van der Waals surface area (Å²) in [5, 5.41) is 9.05. The number of carbonyl (C=O) groups excluding carboxylic acids is 4. The Kier molecular flexibility index (Phi) is 6.75. The molecular weight excluding hydrogens is 653 g/mol. The van der Waals surface area contributed by atoms with Crippen LogP contribution in [0.3, 0.4) is 0 Å². The maximum Gasteiger partial charge on any atom is 0.416 e. The summed E-state index contributed by atoms with van der Waals surface area (Å²) in [6.07, 6.45) is -4.98. The fraction of sp³-hybridized carbons (Fsp3) is 0.0645. The molecule has 4 amide bonds. The van der Waals surface area contributed by atoms with Gasteiger partial charge in [0.15, 0.2) is 11.6 Å². The SMILES string of the molecule is O=C1Cn2nc(N3C(=O)c4ccccc4C3=O)c3c(Oc4cc(F)ccc4Cl)c(NC(=O)c4cc(F)cc(C(F)(F)F)c4)cc(c32)N1. The molecule has 0 atom stereocenters. The lowest BCUT2D eigenvalue weighted by Gasteiger charge is -2.21. The smallest absolute Gasteiger partial charge is 0.416 e. The summed E-state index contributed by atoms with van der Waals surface area (Å²) in [5.41, 5.74) is -2.31. The lowest BCUT2D eigenvalue weighted by Crippen LogP contribution is -2.30. The van der Waals surface area contributed by atoms with Gasteiger partial charge in [-0.05, 0) is 48.5 Å². The Hall–Kier alpha value is -5.83. The number of nitrogens with zero attached hydrogens (tertiary/aromatic N) is 3. The Labute approximate surface area is 264 Å². The fourth-order valence-corrected chi connectivity index (χ4v) is 5.52. The molecule has 0 unspecified atom stereocenters. The van der Waals surface area contributed by atoms with E-state index in [1.807, 2.05) is 0 Å². The van der Waals surface area contributed by atoms with Crippen LogP contribution in [0.5, 0.6) is 11.5 Å². The number of fused-ring (bicyclic) bond motifs is 1. The first-order chi connectivity index (χ1) is 22.3. The lowest BCUT2D eigenvalue weighted by molar-refractivity contribution is -0.137. The summed E-state index contributed by atoms with van der Waals surface area (Å²) < 4.78 is 76.0. The molecule has 0 saturated carbocycles. The molecule has 236 valence electrons. The van der Waals surface area contributed by atoms with Gasteiger partial charge in [-0.1, -0.05) is 23.7 Å². The van der Waals surface area contributed by atoms with Crippen molar-refractivity contribution >= 4 is 63.3 Å². The van der Waals surface area contributed by atoms with Gasteiger partial charge in [0, 0.05) is 11.6 Å². The lowest BCUT2D eigenvalue weighted by atomic mass is 10.1. The van der Waals surface area contributed by atoms with E-state index in [1.54, 1.807) is 12.1 Å². The van der Waals surface area contributed by atoms with E-state index >= 15 is 0 Å². The molecule has 0 aliphatic carbocycles. The number of anilines is 3. The summed E-state index contributed by atoms with van der Waals surface area (Å²) >= 11 is 6.27. The minimum absolute atomic E-state index is 0.00480. The van der Waals surface area contributed by atoms with E-state index in [2.05, 4.69) is 15.7 Å². The predicted molar refractivity (Wildman–Crippen MR) is 157 cm³/mol. The topological polar surface area (TPSA) is 123 Å². The number of hydrogen-bond acceptors (Lipinski definition) is 6. The van der Waals surface area contributed by atoms with Gasteiger partial charge in [0.05, 0.1) is 44.0 Å². The fourth-order valence-electron chi connectivity index (χ4n) is 5.36. The highest BCUT2D eigenvalue weighted by molar-refractivity contribution is 6.36. The Morgan fingerprint density at radius 1 is 0.936 bits per heavy atom. The third-order valence-corrected chi connectivity index (χ3v) is 7.68. The van der Waals surface area contributed by atoms with E-state index in [0.717, 1.165) is 17.0 Å². The molecule has 47 heavy (non-hydrogen) atoms. The van der Waals surface area contributed by atoms with Crippen LogP contribution in [0.1, 0.15) is 36.6 Å². The number of rotatable bonds is 5. The molecule has 2 aliphatic heterocycles. The first kappa shape index (κ1) is 29.9. The van der Waals surface area contributed by atoms with Crippen molar-refractivity contribution in [2.75, 3.05) is 15.5 Å². The molecule has 16 heteroatoms. The molecule has 0 radical (unpaired) electrons. The zero-order valence-corrected chi connectivity index (χ0v) is 24.0. The summed E-state index contributed by atoms with van der Waals surface area (Å²) in [6.45, 7) is -0.373. The second-order valence-electron chi connectivity index (χ2n) is 10.4. The van der Waals surface area contributed by atoms with Crippen molar-refractivity contribution in [3.8, 4) is 11.5 Å². The van der Waals surface area contributed by atoms with Gasteiger partial charge in [0.25, 0.3) is 17.7 Å². The zero-order chi connectivity index (χ0) is 33.4. The highest BCUT2D eigenvalue weighted by atomic mass is 35.5. The third kappa shape index (κ3) is 5.00. The van der Waals surface area contributed by atoms with Crippen LogP contribution in [0.25, 0.3) is 10.9 Å². The van der Waals surface area contributed by atoms with Crippen molar-refractivity contribution in [2.24, 2.45) is 0 Å². The van der Waals surface area contributed by atoms with Crippen molar-refractivity contribution in [3.05, 3.63) is 106 Å². The van der Waals surface area contributed by atoms with Crippen molar-refractivity contribution in [1.82, 2.24) is 9.78 Å². The summed E-state index contributed by atoms with van der Waals surface area (Å²) in [5.74, 6) is -6.54. The van der Waals surface area contributed by atoms with Crippen LogP contribution in [-0.2, 0) is 17.5 Å². The molecule has 0 saturated heterocycles. The van der Waals surface area contributed by atoms with Gasteiger partial charge in [-0.25, -0.2) is 13.7 Å². The molecular formula is C31H15ClF5N5O5. The van der Waals surface area contributed by atoms with Gasteiger partial charge in [0.1, 0.15) is 23.9 Å². The Balaban J connectivity index is 1.46. The summed E-state index contributed by atoms with van der Waals surface area (Å²) in [7, 11) is 0. The standard InChI is InChI=1S/C31H15ClF5N5O5/c32-19-6-5-15(33)10-22(19)47-26-21(39-28(44)13-7-14(31(35,36)37)9-16(34)8-13)11-20-25-24(26)27(40-41(25)12-23(43)38-20)42-29(45)17-3-1-2-4-18(17)30(42)46/h1-11H,12H2,(H,38,43)(H,39,44). The summed E-state index contributed by atoms with van der Waals surface area (Å²) in [6, 6.07) is 11.4. The molecule has 7 rings (SSSR count). The normalized spacial score (nSPS) is 14.0. The molecule has 0 spiro atoms. The highest BCUT2D eigenvalue weighted by Crippen LogP contribution is 2.48. The number of halogens is 6. The molecule has 4 aromatic carbocycles. The summed E-state index contributed by atoms with van der Waals surface area (Å²) in [4.78, 5) is 53.8. The van der Waals surface area contributed by atoms with E-state index < -0.39 is 52.6 Å². The van der Waals surface area contributed by atoms with E-state index in [9.17, 15) is 41.1 Å². The number of ether oxygens (including phenoxy) is 1. The van der Waals surface area contributed by atoms with Crippen molar-refractivity contribution < 1.29 is 45.9 Å². The van der Waals surface area contributed by atoms with Gasteiger partial charge in [-0.2, -0.15) is 18.3 Å². The van der Waals surface area contributed by atoms with Crippen LogP contribution in [0, 0.1) is 11.6 Å². The first-order valence-corrected chi connectivity index (χ1v) is 13.8. The van der Waals surface area contributed by atoms with Gasteiger partial charge < -0.3 is 15.4 Å². The number of aromatic nitrogens is 2. The largest absolute Gasteiger partial charge is 0.453 e. The number of amides is 4. The number of imide groups is 1. The van der Waals surface area contributed by atoms with Crippen LogP contribution in [-0.4, -0.2) is 33.4 Å². The van der Waals surface area contributed by atoms with Crippen LogP contribution >= 0.6 is 11.6 Å². The van der Waals surface area contributed by atoms with E-state index in [0.29, 0.717) is 12.1 Å². The van der Waals surface area contributed by atoms with Crippen molar-refractivity contribution in [2.45, 2.75) is 12.7 Å². The number of carbonyl (C=O) groups is 4. The maximum atomic E-state index is 14.3. The Morgan fingerprint density at radius 3 is 2.32 bits per heavy atom. The molecule has 2 N–H and O–H groups in total. The number of hydrogen-bond donors (Lipinski definition) is 2. The van der Waals surface area contributed by atoms with Crippen molar-refractivity contribution in [3.63, 3.8) is 0 Å². The van der Waals surface area contributed by atoms with Gasteiger partial charge in [-0.15, -0.1) is 0 Å². The average Bonchev–Trinajstić information content (AvgIpc) is 3.50. The molecule has 10 nitrogen and oxygen atoms in total. The van der Waals surface area contributed by atoms with Gasteiger partial charge >= 0.3 is 6.18 Å². The highest BCUT2D eigenvalue weighted by Gasteiger charge is 2.41. The molecule has 1 aromatic heterocycles. The zero-order valence-electron chi connectivity index (χ0n) is 23.2. The van der Waals surface area contributed by atoms with Crippen LogP contribution in [0.4, 0.5) is 39.1 Å². The number of alkyl halides is 3. The second-order valence-corrected chi connectivity index (χ2v) is 10.8. The minimum Gasteiger partial charge on any atom is -0.453 e. The molecule has 5 aromatic rings. The van der Waals surface area contributed by atoms with Gasteiger partial charge in [0.2, 0.25) is 5.91 Å². The number of nitrogens with one attached hydrogen (secondary N) is 2. The van der Waals surface area contributed by atoms with E-state index in [1.165, 1.54) is 28.9 Å². The Morgan fingerprint density at radius 2 is 1.64 bits per heavy atom. The van der Waals surface area contributed by atoms with E-state index in [-0.39, 0.29) is 68.4 Å². The maximum absolute atomic E-state index is 14.3. The molecule has 0 fully saturated rings. The van der Waals surface area contributed by atoms with Gasteiger partial charge in [-0.3, -0.25) is 23.9 Å². The monoisotopic (exact) mass is 667 g/mol. The first-order valence-electron chi connectivity index (χ1n) is 13.5. The predicted octanol–water partition coefficient (Wildman–Crippen LogP) is 6.78.